The first kappa shape index (κ1) is 14.3. The van der Waals surface area contributed by atoms with Crippen LogP contribution in [0.5, 0.6) is 0 Å². The van der Waals surface area contributed by atoms with E-state index in [1.807, 2.05) is 0 Å². The minimum absolute atomic E-state index is 0.221. The number of benzene rings is 1. The first-order valence-electron chi connectivity index (χ1n) is 6.60. The van der Waals surface area contributed by atoms with Gasteiger partial charge in [-0.25, -0.2) is 4.39 Å². The van der Waals surface area contributed by atoms with Crippen molar-refractivity contribution in [1.29, 1.82) is 0 Å². The average molecular weight is 285 g/mol. The summed E-state index contributed by atoms with van der Waals surface area (Å²) < 4.78 is 13.8. The monoisotopic (exact) mass is 284 g/mol. The lowest BCUT2D eigenvalue weighted by Gasteiger charge is -2.36. The van der Waals surface area contributed by atoms with E-state index in [1.165, 1.54) is 12.1 Å². The summed E-state index contributed by atoms with van der Waals surface area (Å²) in [7, 11) is 0. The molecule has 104 valence electrons. The molecule has 19 heavy (non-hydrogen) atoms. The number of hydrogen-bond acceptors (Lipinski definition) is 1. The molecule has 2 rings (SSSR count). The fourth-order valence-electron chi connectivity index (χ4n) is 3.13. The maximum absolute atomic E-state index is 13.8. The second-order valence-corrected chi connectivity index (χ2v) is 6.14. The standard InChI is InChI=1S/C15H18ClFO2/c1-10-3-2-6-15(8-10,14(18)19)9-11-7-12(16)4-5-13(11)17/h4-5,7,10H,2-3,6,8-9H2,1H3,(H,18,19). The molecule has 2 atom stereocenters. The highest BCUT2D eigenvalue weighted by atomic mass is 35.5. The van der Waals surface area contributed by atoms with Crippen LogP contribution in [0, 0.1) is 17.2 Å². The maximum atomic E-state index is 13.8. The molecule has 0 amide bonds. The number of carbonyl (C=O) groups is 1. The number of carboxylic acid groups (broad SMARTS) is 1. The van der Waals surface area contributed by atoms with Crippen molar-refractivity contribution in [3.63, 3.8) is 0 Å². The van der Waals surface area contributed by atoms with Crippen molar-refractivity contribution >= 4 is 17.6 Å². The molecular formula is C15H18ClFO2. The van der Waals surface area contributed by atoms with Gasteiger partial charge in [-0.2, -0.15) is 0 Å². The molecule has 1 saturated carbocycles. The molecule has 0 aromatic heterocycles. The summed E-state index contributed by atoms with van der Waals surface area (Å²) in [6.45, 7) is 2.06. The van der Waals surface area contributed by atoms with E-state index in [0.717, 1.165) is 12.8 Å². The van der Waals surface area contributed by atoms with Crippen LogP contribution in [0.2, 0.25) is 5.02 Å². The van der Waals surface area contributed by atoms with E-state index in [-0.39, 0.29) is 12.2 Å². The number of rotatable bonds is 3. The third-order valence-electron chi connectivity index (χ3n) is 4.08. The first-order valence-corrected chi connectivity index (χ1v) is 6.98. The van der Waals surface area contributed by atoms with Gasteiger partial charge in [-0.1, -0.05) is 31.4 Å². The van der Waals surface area contributed by atoms with E-state index in [2.05, 4.69) is 6.92 Å². The molecule has 1 fully saturated rings. The van der Waals surface area contributed by atoms with E-state index in [1.54, 1.807) is 6.07 Å². The van der Waals surface area contributed by atoms with Gasteiger partial charge in [0.1, 0.15) is 5.82 Å². The van der Waals surface area contributed by atoms with Crippen molar-refractivity contribution in [3.05, 3.63) is 34.6 Å². The normalized spacial score (nSPS) is 27.2. The summed E-state index contributed by atoms with van der Waals surface area (Å²) in [5.41, 5.74) is -0.438. The van der Waals surface area contributed by atoms with Gasteiger partial charge in [0.15, 0.2) is 0 Å². The van der Waals surface area contributed by atoms with Crippen LogP contribution in [0.4, 0.5) is 4.39 Å². The van der Waals surface area contributed by atoms with Gasteiger partial charge in [-0.15, -0.1) is 0 Å². The zero-order valence-electron chi connectivity index (χ0n) is 11.0. The highest BCUT2D eigenvalue weighted by Crippen LogP contribution is 2.42. The lowest BCUT2D eigenvalue weighted by molar-refractivity contribution is -0.152. The molecule has 2 unspecified atom stereocenters. The lowest BCUT2D eigenvalue weighted by Crippen LogP contribution is -2.38. The van der Waals surface area contributed by atoms with Crippen LogP contribution >= 0.6 is 11.6 Å². The fraction of sp³-hybridized carbons (Fsp3) is 0.533. The Labute approximate surface area is 117 Å². The molecule has 0 heterocycles. The summed E-state index contributed by atoms with van der Waals surface area (Å²) in [5, 5.41) is 10.0. The first-order chi connectivity index (χ1) is 8.93. The summed E-state index contributed by atoms with van der Waals surface area (Å²) >= 11 is 5.87. The van der Waals surface area contributed by atoms with E-state index < -0.39 is 11.4 Å². The average Bonchev–Trinajstić information content (AvgIpc) is 2.34. The second kappa shape index (κ2) is 5.49. The molecule has 0 saturated heterocycles. The zero-order chi connectivity index (χ0) is 14.0. The zero-order valence-corrected chi connectivity index (χ0v) is 11.7. The Kier molecular flexibility index (Phi) is 4.14. The van der Waals surface area contributed by atoms with Crippen molar-refractivity contribution in [1.82, 2.24) is 0 Å². The minimum atomic E-state index is -0.844. The molecule has 2 nitrogen and oxygen atoms in total. The van der Waals surface area contributed by atoms with Gasteiger partial charge in [0.2, 0.25) is 0 Å². The van der Waals surface area contributed by atoms with Gasteiger partial charge < -0.3 is 5.11 Å². The predicted octanol–water partition coefficient (Wildman–Crippen LogP) is 4.30. The number of hydrogen-bond donors (Lipinski definition) is 1. The molecular weight excluding hydrogens is 267 g/mol. The highest BCUT2D eigenvalue weighted by molar-refractivity contribution is 6.30. The minimum Gasteiger partial charge on any atom is -0.481 e. The highest BCUT2D eigenvalue weighted by Gasteiger charge is 2.42. The Morgan fingerprint density at radius 3 is 2.95 bits per heavy atom. The molecule has 1 aromatic rings. The molecule has 0 spiro atoms. The summed E-state index contributed by atoms with van der Waals surface area (Å²) in [6.07, 6.45) is 3.37. The quantitative estimate of drug-likeness (QED) is 0.898. The second-order valence-electron chi connectivity index (χ2n) is 5.70. The predicted molar refractivity (Wildman–Crippen MR) is 72.8 cm³/mol. The molecule has 1 aromatic carbocycles. The van der Waals surface area contributed by atoms with Gasteiger partial charge in [0.25, 0.3) is 0 Å². The molecule has 0 radical (unpaired) electrons. The molecule has 1 aliphatic carbocycles. The Hall–Kier alpha value is -1.09. The molecule has 0 bridgehead atoms. The van der Waals surface area contributed by atoms with Gasteiger partial charge in [-0.05, 0) is 48.9 Å². The lowest BCUT2D eigenvalue weighted by atomic mass is 9.67. The van der Waals surface area contributed by atoms with Crippen molar-refractivity contribution < 1.29 is 14.3 Å². The molecule has 4 heteroatoms. The van der Waals surface area contributed by atoms with Crippen LogP contribution in [0.15, 0.2) is 18.2 Å². The van der Waals surface area contributed by atoms with Crippen molar-refractivity contribution in [2.45, 2.75) is 39.0 Å². The Morgan fingerprint density at radius 1 is 1.58 bits per heavy atom. The summed E-state index contributed by atoms with van der Waals surface area (Å²) in [5.74, 6) is -0.825. The van der Waals surface area contributed by atoms with Crippen molar-refractivity contribution in [2.75, 3.05) is 0 Å². The Balaban J connectivity index is 2.30. The SMILES string of the molecule is CC1CCCC(Cc2cc(Cl)ccc2F)(C(=O)O)C1. The topological polar surface area (TPSA) is 37.3 Å². The number of carboxylic acids is 1. The summed E-state index contributed by atoms with van der Waals surface area (Å²) in [4.78, 5) is 11.7. The van der Waals surface area contributed by atoms with Gasteiger partial charge >= 0.3 is 5.97 Å². The van der Waals surface area contributed by atoms with E-state index >= 15 is 0 Å². The smallest absolute Gasteiger partial charge is 0.309 e. The van der Waals surface area contributed by atoms with Crippen LogP contribution in [0.25, 0.3) is 0 Å². The third-order valence-corrected chi connectivity index (χ3v) is 4.32. The van der Waals surface area contributed by atoms with E-state index in [4.69, 9.17) is 11.6 Å². The van der Waals surface area contributed by atoms with Crippen LogP contribution in [0.1, 0.15) is 38.2 Å². The van der Waals surface area contributed by atoms with Gasteiger partial charge in [0, 0.05) is 5.02 Å². The third kappa shape index (κ3) is 3.08. The van der Waals surface area contributed by atoms with Crippen molar-refractivity contribution in [2.24, 2.45) is 11.3 Å². The van der Waals surface area contributed by atoms with Crippen molar-refractivity contribution in [3.8, 4) is 0 Å². The van der Waals surface area contributed by atoms with Gasteiger partial charge in [0.05, 0.1) is 5.41 Å². The summed E-state index contributed by atoms with van der Waals surface area (Å²) in [6, 6.07) is 4.33. The van der Waals surface area contributed by atoms with Crippen LogP contribution < -0.4 is 0 Å². The fourth-order valence-corrected chi connectivity index (χ4v) is 3.33. The van der Waals surface area contributed by atoms with Crippen LogP contribution in [-0.2, 0) is 11.2 Å². The van der Waals surface area contributed by atoms with E-state index in [9.17, 15) is 14.3 Å². The Morgan fingerprint density at radius 2 is 2.32 bits per heavy atom. The van der Waals surface area contributed by atoms with Crippen LogP contribution in [-0.4, -0.2) is 11.1 Å². The molecule has 0 aliphatic heterocycles. The van der Waals surface area contributed by atoms with E-state index in [0.29, 0.717) is 29.3 Å². The number of halogens is 2. The molecule has 1 aliphatic rings. The van der Waals surface area contributed by atoms with Gasteiger partial charge in [-0.3, -0.25) is 4.79 Å². The molecule has 1 N–H and O–H groups in total. The maximum Gasteiger partial charge on any atom is 0.309 e. The van der Waals surface area contributed by atoms with Crippen LogP contribution in [0.3, 0.4) is 0 Å². The Bertz CT molecular complexity index is 489. The number of aliphatic carboxylic acids is 1. The largest absolute Gasteiger partial charge is 0.481 e.